The van der Waals surface area contributed by atoms with Crippen molar-refractivity contribution in [2.75, 3.05) is 13.2 Å². The first kappa shape index (κ1) is 66.0. The first-order valence-corrected chi connectivity index (χ1v) is 28.0. The summed E-state index contributed by atoms with van der Waals surface area (Å²) >= 11 is 0. The van der Waals surface area contributed by atoms with Gasteiger partial charge >= 0.3 is 17.9 Å². The van der Waals surface area contributed by atoms with Gasteiger partial charge in [0.25, 0.3) is 0 Å². The van der Waals surface area contributed by atoms with Crippen molar-refractivity contribution < 1.29 is 28.6 Å². The molecule has 0 aromatic carbocycles. The molecule has 0 rings (SSSR count). The molecule has 0 aliphatic rings. The van der Waals surface area contributed by atoms with Crippen molar-refractivity contribution in [1.29, 1.82) is 0 Å². The summed E-state index contributed by atoms with van der Waals surface area (Å²) in [6.45, 7) is 6.24. The topological polar surface area (TPSA) is 78.9 Å². The molecule has 396 valence electrons. The maximum Gasteiger partial charge on any atom is 0.310 e. The zero-order chi connectivity index (χ0) is 51.4. The van der Waals surface area contributed by atoms with Gasteiger partial charge in [-0.05, 0) is 122 Å². The monoisotopic (exact) mass is 977 g/mol. The van der Waals surface area contributed by atoms with E-state index >= 15 is 0 Å². The molecule has 0 aliphatic carbocycles. The Kier molecular flexibility index (Phi) is 53.6. The number of esters is 3. The van der Waals surface area contributed by atoms with E-state index in [1.54, 1.807) is 6.08 Å². The fourth-order valence-corrected chi connectivity index (χ4v) is 6.91. The van der Waals surface area contributed by atoms with E-state index in [2.05, 4.69) is 167 Å². The van der Waals surface area contributed by atoms with Crippen LogP contribution in [0, 0.1) is 0 Å². The lowest BCUT2D eigenvalue weighted by Gasteiger charge is -2.18. The second-order valence-corrected chi connectivity index (χ2v) is 17.7. The van der Waals surface area contributed by atoms with E-state index in [0.29, 0.717) is 19.3 Å². The summed E-state index contributed by atoms with van der Waals surface area (Å²) in [5.41, 5.74) is 0. The third kappa shape index (κ3) is 55.8. The van der Waals surface area contributed by atoms with Crippen LogP contribution >= 0.6 is 0 Å². The van der Waals surface area contributed by atoms with Crippen LogP contribution in [0.5, 0.6) is 0 Å². The van der Waals surface area contributed by atoms with Gasteiger partial charge in [0.05, 0.1) is 6.42 Å². The molecule has 0 aliphatic heterocycles. The zero-order valence-electron chi connectivity index (χ0n) is 45.2. The zero-order valence-corrected chi connectivity index (χ0v) is 45.2. The number of carbonyl (C=O) groups is 3. The molecule has 6 heteroatoms. The van der Waals surface area contributed by atoms with Gasteiger partial charge in [-0.2, -0.15) is 0 Å². The molecule has 0 spiro atoms. The third-order valence-electron chi connectivity index (χ3n) is 11.0. The molecule has 0 fully saturated rings. The Hall–Kier alpha value is -4.97. The fraction of sp³-hybridized carbons (Fsp3) is 0.554. The molecule has 71 heavy (non-hydrogen) atoms. The number of rotatable bonds is 48. The van der Waals surface area contributed by atoms with Crippen LogP contribution in [-0.2, 0) is 28.6 Å². The average molecular weight is 978 g/mol. The van der Waals surface area contributed by atoms with E-state index in [9.17, 15) is 14.4 Å². The molecule has 6 nitrogen and oxygen atoms in total. The van der Waals surface area contributed by atoms with Gasteiger partial charge in [0.1, 0.15) is 13.2 Å². The van der Waals surface area contributed by atoms with Crippen LogP contribution in [0.1, 0.15) is 213 Å². The molecule has 0 N–H and O–H groups in total. The Labute approximate surface area is 435 Å². The molecule has 0 saturated heterocycles. The first-order chi connectivity index (χ1) is 35.0. The van der Waals surface area contributed by atoms with Crippen LogP contribution in [0.4, 0.5) is 0 Å². The summed E-state index contributed by atoms with van der Waals surface area (Å²) in [5.74, 6) is -1.16. The largest absolute Gasteiger partial charge is 0.462 e. The van der Waals surface area contributed by atoms with Gasteiger partial charge in [-0.25, -0.2) is 0 Å². The van der Waals surface area contributed by atoms with Crippen LogP contribution in [-0.4, -0.2) is 37.2 Å². The van der Waals surface area contributed by atoms with Gasteiger partial charge in [-0.15, -0.1) is 0 Å². The molecule has 0 aromatic heterocycles. The van der Waals surface area contributed by atoms with Gasteiger partial charge in [-0.3, -0.25) is 14.4 Å². The van der Waals surface area contributed by atoms with Gasteiger partial charge in [0, 0.05) is 12.8 Å². The van der Waals surface area contributed by atoms with Crippen LogP contribution in [0.25, 0.3) is 0 Å². The second-order valence-electron chi connectivity index (χ2n) is 17.7. The Bertz CT molecular complexity index is 1640. The lowest BCUT2D eigenvalue weighted by atomic mass is 10.1. The van der Waals surface area contributed by atoms with Crippen molar-refractivity contribution in [2.45, 2.75) is 219 Å². The van der Waals surface area contributed by atoms with Crippen molar-refractivity contribution in [2.24, 2.45) is 0 Å². The van der Waals surface area contributed by atoms with Gasteiger partial charge in [-0.1, -0.05) is 230 Å². The average Bonchev–Trinajstić information content (AvgIpc) is 3.37. The minimum Gasteiger partial charge on any atom is -0.462 e. The Balaban J connectivity index is 4.61. The highest BCUT2D eigenvalue weighted by Gasteiger charge is 2.19. The molecule has 0 aromatic rings. The molecule has 0 saturated carbocycles. The van der Waals surface area contributed by atoms with Crippen LogP contribution in [0.3, 0.4) is 0 Å². The van der Waals surface area contributed by atoms with Crippen molar-refractivity contribution in [1.82, 2.24) is 0 Å². The number of allylic oxidation sites excluding steroid dienone is 25. The summed E-state index contributed by atoms with van der Waals surface area (Å²) in [7, 11) is 0. The van der Waals surface area contributed by atoms with Crippen LogP contribution < -0.4 is 0 Å². The van der Waals surface area contributed by atoms with Crippen molar-refractivity contribution in [3.8, 4) is 0 Å². The molecular formula is C65H100O6. The summed E-state index contributed by atoms with van der Waals surface area (Å²) in [5, 5.41) is 0. The molecule has 0 amide bonds. The first-order valence-electron chi connectivity index (χ1n) is 28.0. The van der Waals surface area contributed by atoms with E-state index < -0.39 is 12.1 Å². The Morgan fingerprint density at radius 1 is 0.310 bits per heavy atom. The SMILES string of the molecule is CC/C=C\C/C=C\C/C=C\C/C=C\C/C=C\C/C=C\C/C=C\CCCC(=O)OCC(COC(=O)CCCCCCC/C=C\CCCCCCCC)OC(=O)C/C=C\C/C=C\C/C=C\C/C=C\C/C=C\CC. The predicted octanol–water partition coefficient (Wildman–Crippen LogP) is 19.0. The predicted molar refractivity (Wildman–Crippen MR) is 306 cm³/mol. The fourth-order valence-electron chi connectivity index (χ4n) is 6.91. The number of hydrogen-bond acceptors (Lipinski definition) is 6. The third-order valence-corrected chi connectivity index (χ3v) is 11.0. The van der Waals surface area contributed by atoms with Gasteiger partial charge < -0.3 is 14.2 Å². The maximum absolute atomic E-state index is 12.8. The quantitative estimate of drug-likeness (QED) is 0.0262. The highest BCUT2D eigenvalue weighted by atomic mass is 16.6. The number of carbonyl (C=O) groups excluding carboxylic acids is 3. The molecule has 1 unspecified atom stereocenters. The van der Waals surface area contributed by atoms with Crippen LogP contribution in [0.2, 0.25) is 0 Å². The number of unbranched alkanes of at least 4 members (excludes halogenated alkanes) is 12. The summed E-state index contributed by atoms with van der Waals surface area (Å²) in [6.07, 6.45) is 84.1. The molecule has 0 heterocycles. The summed E-state index contributed by atoms with van der Waals surface area (Å²) in [6, 6.07) is 0. The lowest BCUT2D eigenvalue weighted by molar-refractivity contribution is -0.166. The Morgan fingerprint density at radius 3 is 1.00 bits per heavy atom. The van der Waals surface area contributed by atoms with E-state index in [-0.39, 0.29) is 38.0 Å². The minimum atomic E-state index is -0.867. The number of hydrogen-bond donors (Lipinski definition) is 0. The van der Waals surface area contributed by atoms with Crippen LogP contribution in [0.15, 0.2) is 158 Å². The smallest absolute Gasteiger partial charge is 0.310 e. The maximum atomic E-state index is 12.8. The summed E-state index contributed by atoms with van der Waals surface area (Å²) in [4.78, 5) is 38.0. The minimum absolute atomic E-state index is 0.0751. The molecule has 0 radical (unpaired) electrons. The number of ether oxygens (including phenoxy) is 3. The highest BCUT2D eigenvalue weighted by Crippen LogP contribution is 2.12. The van der Waals surface area contributed by atoms with Crippen molar-refractivity contribution >= 4 is 17.9 Å². The normalized spacial score (nSPS) is 13.3. The summed E-state index contributed by atoms with van der Waals surface area (Å²) < 4.78 is 16.7. The van der Waals surface area contributed by atoms with E-state index in [1.807, 2.05) is 6.08 Å². The second kappa shape index (κ2) is 57.6. The van der Waals surface area contributed by atoms with E-state index in [1.165, 1.54) is 51.4 Å². The van der Waals surface area contributed by atoms with E-state index in [0.717, 1.165) is 109 Å². The lowest BCUT2D eigenvalue weighted by Crippen LogP contribution is -2.30. The van der Waals surface area contributed by atoms with Gasteiger partial charge in [0.15, 0.2) is 6.10 Å². The molecule has 1 atom stereocenters. The molecular weight excluding hydrogens is 877 g/mol. The standard InChI is InChI=1S/C65H100O6/c1-4-7-10-13-16-19-22-25-28-29-30-31-32-33-34-35-38-40-43-46-49-52-55-58-64(67)70-61-62(71-65(68)59-56-53-50-47-44-41-37-27-24-21-18-15-12-9-6-3)60-69-63(66)57-54-51-48-45-42-39-36-26-23-20-17-14-11-8-5-2/h7,9-10,12,16,18-19,21,25-28,30-31,33-34,36-38,40,44,46-47,49,53,56,62H,4-6,8,11,13-15,17,20,22-24,29,32,35,39,41-43,45,48,50-52,54-55,57-61H2,1-3H3/b10-7-,12-9-,19-16-,21-18-,28-25-,31-30-,34-33-,36-26-,37-27-,40-38-,47-44-,49-46-,56-53-. The van der Waals surface area contributed by atoms with Crippen molar-refractivity contribution in [3.63, 3.8) is 0 Å². The highest BCUT2D eigenvalue weighted by molar-refractivity contribution is 5.72. The van der Waals surface area contributed by atoms with Crippen molar-refractivity contribution in [3.05, 3.63) is 158 Å². The van der Waals surface area contributed by atoms with E-state index in [4.69, 9.17) is 14.2 Å². The van der Waals surface area contributed by atoms with Gasteiger partial charge in [0.2, 0.25) is 0 Å². The Morgan fingerprint density at radius 2 is 0.606 bits per heavy atom. The molecule has 0 bridgehead atoms.